The van der Waals surface area contributed by atoms with Crippen molar-refractivity contribution in [3.05, 3.63) is 59.7 Å². The van der Waals surface area contributed by atoms with Crippen molar-refractivity contribution in [2.45, 2.75) is 52.6 Å². The van der Waals surface area contributed by atoms with Gasteiger partial charge in [0.1, 0.15) is 11.8 Å². The molecule has 1 atom stereocenters. The predicted octanol–water partition coefficient (Wildman–Crippen LogP) is 3.49. The Morgan fingerprint density at radius 2 is 1.83 bits per heavy atom. The molecule has 0 aliphatic carbocycles. The van der Waals surface area contributed by atoms with Gasteiger partial charge in [0.05, 0.1) is 19.1 Å². The van der Waals surface area contributed by atoms with Gasteiger partial charge in [-0.25, -0.2) is 8.42 Å². The summed E-state index contributed by atoms with van der Waals surface area (Å²) in [6, 6.07) is 13.9. The number of anilines is 1. The second kappa shape index (κ2) is 13.1. The summed E-state index contributed by atoms with van der Waals surface area (Å²) in [5.41, 5.74) is 2.36. The first-order valence-electron chi connectivity index (χ1n) is 11.8. The van der Waals surface area contributed by atoms with E-state index in [2.05, 4.69) is 5.32 Å². The summed E-state index contributed by atoms with van der Waals surface area (Å²) in [5.74, 6) is 0.227. The molecule has 192 valence electrons. The number of carbonyl (C=O) groups is 2. The van der Waals surface area contributed by atoms with Crippen LogP contribution in [0, 0.1) is 6.92 Å². The first-order valence-corrected chi connectivity index (χ1v) is 13.7. The first kappa shape index (κ1) is 28.2. The van der Waals surface area contributed by atoms with E-state index < -0.39 is 16.1 Å². The number of benzene rings is 2. The highest BCUT2D eigenvalue weighted by atomic mass is 32.2. The quantitative estimate of drug-likeness (QED) is 0.451. The molecule has 0 fully saturated rings. The first-order chi connectivity index (χ1) is 16.6. The molecule has 1 N–H and O–H groups in total. The maximum Gasteiger partial charge on any atom is 0.242 e. The van der Waals surface area contributed by atoms with Gasteiger partial charge < -0.3 is 15.0 Å². The maximum absolute atomic E-state index is 13.3. The molecule has 2 aromatic rings. The number of methoxy groups -OCH3 is 1. The summed E-state index contributed by atoms with van der Waals surface area (Å²) < 4.78 is 31.4. The van der Waals surface area contributed by atoms with Gasteiger partial charge in [-0.1, -0.05) is 31.2 Å². The SMILES string of the molecule is CCCNC(=O)[C@H](C)N(Cc1cccc(OC)c1)C(=O)CCCN(c1cccc(C)c1)S(C)(=O)=O. The van der Waals surface area contributed by atoms with E-state index in [0.29, 0.717) is 24.4 Å². The fourth-order valence-corrected chi connectivity index (χ4v) is 4.69. The Labute approximate surface area is 209 Å². The molecule has 0 heterocycles. The van der Waals surface area contributed by atoms with Gasteiger partial charge in [0.15, 0.2) is 0 Å². The lowest BCUT2D eigenvalue weighted by Crippen LogP contribution is -2.47. The Hall–Kier alpha value is -3.07. The summed E-state index contributed by atoms with van der Waals surface area (Å²) in [5, 5.41) is 2.85. The monoisotopic (exact) mass is 503 g/mol. The molecule has 0 saturated heterocycles. The molecule has 0 saturated carbocycles. The zero-order valence-corrected chi connectivity index (χ0v) is 22.1. The van der Waals surface area contributed by atoms with Gasteiger partial charge in [-0.15, -0.1) is 0 Å². The number of carbonyl (C=O) groups excluding carboxylic acids is 2. The van der Waals surface area contributed by atoms with E-state index in [4.69, 9.17) is 4.74 Å². The highest BCUT2D eigenvalue weighted by Gasteiger charge is 2.26. The van der Waals surface area contributed by atoms with Crippen molar-refractivity contribution in [2.24, 2.45) is 0 Å². The van der Waals surface area contributed by atoms with E-state index >= 15 is 0 Å². The highest BCUT2D eigenvalue weighted by Crippen LogP contribution is 2.21. The van der Waals surface area contributed by atoms with Crippen LogP contribution in [0.2, 0.25) is 0 Å². The standard InChI is InChI=1S/C26H37N3O5S/c1-6-15-27-26(31)21(3)28(19-22-11-8-13-24(18-22)34-4)25(30)14-9-16-29(35(5,32)33)23-12-7-10-20(2)17-23/h7-8,10-13,17-18,21H,6,9,14-16,19H2,1-5H3,(H,27,31)/t21-/m0/s1. The number of aryl methyl sites for hydroxylation is 1. The molecular formula is C26H37N3O5S. The van der Waals surface area contributed by atoms with Crippen LogP contribution in [0.3, 0.4) is 0 Å². The minimum absolute atomic E-state index is 0.104. The van der Waals surface area contributed by atoms with Crippen LogP contribution in [0.4, 0.5) is 5.69 Å². The highest BCUT2D eigenvalue weighted by molar-refractivity contribution is 7.92. The largest absolute Gasteiger partial charge is 0.497 e. The van der Waals surface area contributed by atoms with E-state index in [-0.39, 0.29) is 31.3 Å². The smallest absolute Gasteiger partial charge is 0.242 e. The number of ether oxygens (including phenoxy) is 1. The topological polar surface area (TPSA) is 96.0 Å². The molecule has 0 bridgehead atoms. The molecular weight excluding hydrogens is 466 g/mol. The molecule has 2 aromatic carbocycles. The number of hydrogen-bond acceptors (Lipinski definition) is 5. The van der Waals surface area contributed by atoms with Crippen LogP contribution >= 0.6 is 0 Å². The molecule has 0 aromatic heterocycles. The fourth-order valence-electron chi connectivity index (χ4n) is 3.73. The van der Waals surface area contributed by atoms with Crippen LogP contribution in [-0.4, -0.2) is 57.6 Å². The average Bonchev–Trinajstić information content (AvgIpc) is 2.82. The average molecular weight is 504 g/mol. The summed E-state index contributed by atoms with van der Waals surface area (Å²) in [4.78, 5) is 27.5. The van der Waals surface area contributed by atoms with Crippen LogP contribution in [0.15, 0.2) is 48.5 Å². The van der Waals surface area contributed by atoms with Crippen LogP contribution < -0.4 is 14.4 Å². The third-order valence-corrected chi connectivity index (χ3v) is 6.84. The lowest BCUT2D eigenvalue weighted by molar-refractivity contribution is -0.140. The summed E-state index contributed by atoms with van der Waals surface area (Å²) >= 11 is 0. The second-order valence-electron chi connectivity index (χ2n) is 8.62. The van der Waals surface area contributed by atoms with Crippen molar-refractivity contribution in [1.29, 1.82) is 0 Å². The van der Waals surface area contributed by atoms with Crippen LogP contribution in [0.5, 0.6) is 5.75 Å². The zero-order valence-electron chi connectivity index (χ0n) is 21.3. The minimum Gasteiger partial charge on any atom is -0.497 e. The molecule has 8 nitrogen and oxygen atoms in total. The number of hydrogen-bond donors (Lipinski definition) is 1. The Balaban J connectivity index is 2.17. The molecule has 0 aliphatic heterocycles. The lowest BCUT2D eigenvalue weighted by atomic mass is 10.1. The molecule has 0 aliphatic rings. The summed E-state index contributed by atoms with van der Waals surface area (Å²) in [6.45, 7) is 6.51. The molecule has 35 heavy (non-hydrogen) atoms. The van der Waals surface area contributed by atoms with Gasteiger partial charge in [0.25, 0.3) is 0 Å². The Morgan fingerprint density at radius 3 is 2.46 bits per heavy atom. The van der Waals surface area contributed by atoms with Crippen molar-refractivity contribution in [1.82, 2.24) is 10.2 Å². The van der Waals surface area contributed by atoms with Crippen molar-refractivity contribution in [3.63, 3.8) is 0 Å². The number of nitrogens with one attached hydrogen (secondary N) is 1. The summed E-state index contributed by atoms with van der Waals surface area (Å²) in [6.07, 6.45) is 2.37. The lowest BCUT2D eigenvalue weighted by Gasteiger charge is -2.29. The molecule has 0 unspecified atom stereocenters. The Kier molecular flexibility index (Phi) is 10.6. The van der Waals surface area contributed by atoms with E-state index in [1.54, 1.807) is 32.2 Å². The van der Waals surface area contributed by atoms with Gasteiger partial charge in [0.2, 0.25) is 21.8 Å². The molecule has 0 spiro atoms. The Morgan fingerprint density at radius 1 is 1.11 bits per heavy atom. The van der Waals surface area contributed by atoms with E-state index in [1.165, 1.54) is 9.21 Å². The summed E-state index contributed by atoms with van der Waals surface area (Å²) in [7, 11) is -1.94. The normalized spacial score (nSPS) is 12.0. The molecule has 2 rings (SSSR count). The van der Waals surface area contributed by atoms with Crippen molar-refractivity contribution in [2.75, 3.05) is 30.8 Å². The fraction of sp³-hybridized carbons (Fsp3) is 0.462. The van der Waals surface area contributed by atoms with Gasteiger partial charge in [0, 0.05) is 26.1 Å². The van der Waals surface area contributed by atoms with Crippen molar-refractivity contribution in [3.8, 4) is 5.75 Å². The van der Waals surface area contributed by atoms with Gasteiger partial charge in [-0.05, 0) is 62.1 Å². The third kappa shape index (κ3) is 8.58. The van der Waals surface area contributed by atoms with Crippen molar-refractivity contribution >= 4 is 27.5 Å². The van der Waals surface area contributed by atoms with Gasteiger partial charge >= 0.3 is 0 Å². The Bertz CT molecular complexity index is 1100. The maximum atomic E-state index is 13.3. The number of sulfonamides is 1. The van der Waals surface area contributed by atoms with E-state index in [1.807, 2.05) is 44.2 Å². The van der Waals surface area contributed by atoms with Crippen LogP contribution in [0.1, 0.15) is 44.2 Å². The molecule has 0 radical (unpaired) electrons. The van der Waals surface area contributed by atoms with Crippen molar-refractivity contribution < 1.29 is 22.7 Å². The zero-order chi connectivity index (χ0) is 26.0. The van der Waals surface area contributed by atoms with Crippen LogP contribution in [-0.2, 0) is 26.2 Å². The van der Waals surface area contributed by atoms with Gasteiger partial charge in [-0.2, -0.15) is 0 Å². The second-order valence-corrected chi connectivity index (χ2v) is 10.5. The number of rotatable bonds is 13. The number of nitrogens with zero attached hydrogens (tertiary/aromatic N) is 2. The van der Waals surface area contributed by atoms with E-state index in [9.17, 15) is 18.0 Å². The third-order valence-electron chi connectivity index (χ3n) is 5.65. The number of amides is 2. The predicted molar refractivity (Wildman–Crippen MR) is 139 cm³/mol. The molecule has 2 amide bonds. The van der Waals surface area contributed by atoms with Gasteiger partial charge in [-0.3, -0.25) is 13.9 Å². The van der Waals surface area contributed by atoms with Crippen LogP contribution in [0.25, 0.3) is 0 Å². The minimum atomic E-state index is -3.52. The van der Waals surface area contributed by atoms with E-state index in [0.717, 1.165) is 23.8 Å². The molecule has 9 heteroatoms.